The molecule has 2 heterocycles. The van der Waals surface area contributed by atoms with E-state index < -0.39 is 0 Å². The zero-order valence-corrected chi connectivity index (χ0v) is 13.2. The standard InChI is InChI=1S/C18H18O7/c19-9-3-1-4-10(20)15(9)17-13(24-17)7-23-8-14-18(25-14)16-11(21)5-2-6-12(16)22/h1-6,13-14,17-22H,7-8H2. The van der Waals surface area contributed by atoms with Gasteiger partial charge in [-0.2, -0.15) is 0 Å². The van der Waals surface area contributed by atoms with Crippen LogP contribution in [0.15, 0.2) is 36.4 Å². The first kappa shape index (κ1) is 16.0. The number of hydrogen-bond acceptors (Lipinski definition) is 7. The molecule has 0 amide bonds. The molecule has 2 aromatic rings. The second kappa shape index (κ2) is 6.11. The lowest BCUT2D eigenvalue weighted by molar-refractivity contribution is 0.102. The van der Waals surface area contributed by atoms with E-state index in [0.29, 0.717) is 11.1 Å². The Bertz CT molecular complexity index is 685. The zero-order valence-electron chi connectivity index (χ0n) is 13.2. The first-order chi connectivity index (χ1) is 12.1. The van der Waals surface area contributed by atoms with Crippen LogP contribution in [0, 0.1) is 0 Å². The molecule has 4 rings (SSSR count). The summed E-state index contributed by atoms with van der Waals surface area (Å²) in [5.41, 5.74) is 0.742. The van der Waals surface area contributed by atoms with Gasteiger partial charge in [0.05, 0.1) is 24.3 Å². The van der Waals surface area contributed by atoms with E-state index in [4.69, 9.17) is 14.2 Å². The minimum atomic E-state index is -0.390. The van der Waals surface area contributed by atoms with Gasteiger partial charge in [-0.05, 0) is 24.3 Å². The molecule has 0 aromatic heterocycles. The Hall–Kier alpha value is -2.48. The SMILES string of the molecule is Oc1cccc(O)c1C1OC1COCC1OC1c1c(O)cccc1O. The van der Waals surface area contributed by atoms with Gasteiger partial charge in [0.15, 0.2) is 0 Å². The molecule has 4 atom stereocenters. The number of phenols is 4. The van der Waals surface area contributed by atoms with Crippen LogP contribution in [0.1, 0.15) is 23.3 Å². The fraction of sp³-hybridized carbons (Fsp3) is 0.333. The maximum atomic E-state index is 9.81. The Balaban J connectivity index is 1.27. The van der Waals surface area contributed by atoms with Crippen molar-refractivity contribution in [2.24, 2.45) is 0 Å². The number of ether oxygens (including phenoxy) is 3. The summed E-state index contributed by atoms with van der Waals surface area (Å²) in [6, 6.07) is 9.10. The van der Waals surface area contributed by atoms with Crippen molar-refractivity contribution in [2.75, 3.05) is 13.2 Å². The van der Waals surface area contributed by atoms with Crippen LogP contribution in [0.4, 0.5) is 0 Å². The molecule has 2 aliphatic heterocycles. The maximum absolute atomic E-state index is 9.81. The van der Waals surface area contributed by atoms with Gasteiger partial charge in [-0.3, -0.25) is 0 Å². The number of hydrogen-bond donors (Lipinski definition) is 4. The van der Waals surface area contributed by atoms with E-state index in [0.717, 1.165) is 0 Å². The molecule has 132 valence electrons. The third kappa shape index (κ3) is 3.09. The third-order valence-electron chi connectivity index (χ3n) is 4.42. The summed E-state index contributed by atoms with van der Waals surface area (Å²) in [4.78, 5) is 0. The predicted molar refractivity (Wildman–Crippen MR) is 85.6 cm³/mol. The second-order valence-electron chi connectivity index (χ2n) is 6.15. The van der Waals surface area contributed by atoms with Crippen LogP contribution >= 0.6 is 0 Å². The number of epoxide rings is 2. The van der Waals surface area contributed by atoms with Gasteiger partial charge in [-0.25, -0.2) is 0 Å². The van der Waals surface area contributed by atoms with Crippen LogP contribution in [0.2, 0.25) is 0 Å². The van der Waals surface area contributed by atoms with E-state index in [9.17, 15) is 20.4 Å². The molecule has 2 fully saturated rings. The average Bonchev–Trinajstić information content (AvgIpc) is 3.46. The van der Waals surface area contributed by atoms with Gasteiger partial charge in [-0.15, -0.1) is 0 Å². The molecule has 4 N–H and O–H groups in total. The Kier molecular flexibility index (Phi) is 3.91. The Morgan fingerprint density at radius 2 is 1.04 bits per heavy atom. The van der Waals surface area contributed by atoms with E-state index in [2.05, 4.69) is 0 Å². The van der Waals surface area contributed by atoms with Gasteiger partial charge in [0.1, 0.15) is 47.4 Å². The van der Waals surface area contributed by atoms with Crippen LogP contribution in [-0.2, 0) is 14.2 Å². The first-order valence-electron chi connectivity index (χ1n) is 7.96. The van der Waals surface area contributed by atoms with E-state index in [1.165, 1.54) is 24.3 Å². The van der Waals surface area contributed by atoms with Crippen molar-refractivity contribution in [3.8, 4) is 23.0 Å². The molecule has 2 aliphatic rings. The van der Waals surface area contributed by atoms with Crippen LogP contribution in [0.5, 0.6) is 23.0 Å². The van der Waals surface area contributed by atoms with Crippen LogP contribution in [-0.4, -0.2) is 45.8 Å². The molecule has 0 bridgehead atoms. The van der Waals surface area contributed by atoms with Gasteiger partial charge in [0.2, 0.25) is 0 Å². The van der Waals surface area contributed by atoms with E-state index >= 15 is 0 Å². The van der Waals surface area contributed by atoms with Crippen LogP contribution in [0.25, 0.3) is 0 Å². The van der Waals surface area contributed by atoms with Crippen molar-refractivity contribution < 1.29 is 34.6 Å². The van der Waals surface area contributed by atoms with Gasteiger partial charge in [0.25, 0.3) is 0 Å². The van der Waals surface area contributed by atoms with Crippen molar-refractivity contribution in [3.63, 3.8) is 0 Å². The fourth-order valence-corrected chi connectivity index (χ4v) is 3.01. The van der Waals surface area contributed by atoms with E-state index in [1.807, 2.05) is 0 Å². The normalized spacial score (nSPS) is 27.2. The Morgan fingerprint density at radius 1 is 0.680 bits per heavy atom. The molecular weight excluding hydrogens is 328 g/mol. The van der Waals surface area contributed by atoms with Crippen molar-refractivity contribution in [3.05, 3.63) is 47.5 Å². The van der Waals surface area contributed by atoms with Crippen LogP contribution in [0.3, 0.4) is 0 Å². The molecule has 4 unspecified atom stereocenters. The molecule has 0 spiro atoms. The number of benzene rings is 2. The Morgan fingerprint density at radius 3 is 1.40 bits per heavy atom. The van der Waals surface area contributed by atoms with Gasteiger partial charge < -0.3 is 34.6 Å². The summed E-state index contributed by atoms with van der Waals surface area (Å²) in [5.74, 6) is -0.0255. The van der Waals surface area contributed by atoms with Crippen molar-refractivity contribution in [2.45, 2.75) is 24.4 Å². The first-order valence-corrected chi connectivity index (χ1v) is 7.96. The molecule has 2 saturated heterocycles. The molecule has 0 aliphatic carbocycles. The summed E-state index contributed by atoms with van der Waals surface area (Å²) in [7, 11) is 0. The van der Waals surface area contributed by atoms with Gasteiger partial charge >= 0.3 is 0 Å². The monoisotopic (exact) mass is 346 g/mol. The Labute approximate surface area is 143 Å². The molecule has 7 nitrogen and oxygen atoms in total. The quantitative estimate of drug-likeness (QED) is 0.592. The van der Waals surface area contributed by atoms with Gasteiger partial charge in [0, 0.05) is 0 Å². The highest BCUT2D eigenvalue weighted by Crippen LogP contribution is 2.48. The summed E-state index contributed by atoms with van der Waals surface area (Å²) < 4.78 is 16.5. The van der Waals surface area contributed by atoms with Crippen molar-refractivity contribution >= 4 is 0 Å². The summed E-state index contributed by atoms with van der Waals surface area (Å²) >= 11 is 0. The van der Waals surface area contributed by atoms with E-state index in [1.54, 1.807) is 12.1 Å². The number of rotatable bonds is 6. The van der Waals surface area contributed by atoms with Crippen molar-refractivity contribution in [1.82, 2.24) is 0 Å². The third-order valence-corrected chi connectivity index (χ3v) is 4.42. The summed E-state index contributed by atoms with van der Waals surface area (Å²) in [6.07, 6.45) is -1.26. The summed E-state index contributed by atoms with van der Waals surface area (Å²) in [5, 5.41) is 39.2. The molecule has 25 heavy (non-hydrogen) atoms. The highest BCUT2D eigenvalue weighted by Gasteiger charge is 2.46. The van der Waals surface area contributed by atoms with Crippen LogP contribution < -0.4 is 0 Å². The lowest BCUT2D eigenvalue weighted by Gasteiger charge is -2.04. The second-order valence-corrected chi connectivity index (χ2v) is 6.15. The largest absolute Gasteiger partial charge is 0.507 e. The highest BCUT2D eigenvalue weighted by molar-refractivity contribution is 5.47. The minimum absolute atomic E-state index is 0.00637. The van der Waals surface area contributed by atoms with Gasteiger partial charge in [-0.1, -0.05) is 12.1 Å². The molecule has 7 heteroatoms. The van der Waals surface area contributed by atoms with Crippen molar-refractivity contribution in [1.29, 1.82) is 0 Å². The molecule has 2 aromatic carbocycles. The lowest BCUT2D eigenvalue weighted by Crippen LogP contribution is -2.08. The lowest BCUT2D eigenvalue weighted by atomic mass is 10.1. The average molecular weight is 346 g/mol. The highest BCUT2D eigenvalue weighted by atomic mass is 16.6. The fourth-order valence-electron chi connectivity index (χ4n) is 3.01. The smallest absolute Gasteiger partial charge is 0.125 e. The summed E-state index contributed by atoms with van der Waals surface area (Å²) in [6.45, 7) is 0.579. The van der Waals surface area contributed by atoms with E-state index in [-0.39, 0.29) is 60.6 Å². The topological polar surface area (TPSA) is 115 Å². The minimum Gasteiger partial charge on any atom is -0.507 e. The molecule has 0 saturated carbocycles. The maximum Gasteiger partial charge on any atom is 0.125 e. The predicted octanol–water partition coefficient (Wildman–Crippen LogP) is 2.11. The molecule has 0 radical (unpaired) electrons. The molecular formula is C18H18O7. The zero-order chi connectivity index (χ0) is 17.6. The number of phenolic OH excluding ortho intramolecular Hbond substituents is 4. The number of aromatic hydroxyl groups is 4.